The molecule has 100 valence electrons. The molecular weight excluding hydrogens is 334 g/mol. The zero-order valence-electron chi connectivity index (χ0n) is 9.68. The van der Waals surface area contributed by atoms with Crippen LogP contribution in [0.2, 0.25) is 0 Å². The molecule has 19 heavy (non-hydrogen) atoms. The fourth-order valence-electron chi connectivity index (χ4n) is 1.60. The molecule has 3 N–H and O–H groups in total. The van der Waals surface area contributed by atoms with Crippen molar-refractivity contribution < 1.29 is 14.4 Å². The van der Waals surface area contributed by atoms with E-state index in [9.17, 15) is 14.4 Å². The number of amides is 3. The van der Waals surface area contributed by atoms with Gasteiger partial charge in [0.05, 0.1) is 12.3 Å². The number of nitrogens with zero attached hydrogens (tertiary/aromatic N) is 1. The van der Waals surface area contributed by atoms with Gasteiger partial charge in [-0.25, -0.2) is 5.84 Å². The maximum Gasteiger partial charge on any atom is 0.289 e. The largest absolute Gasteiger partial charge is 0.290 e. The highest BCUT2D eigenvalue weighted by Crippen LogP contribution is 2.25. The van der Waals surface area contributed by atoms with Crippen molar-refractivity contribution in [3.8, 4) is 0 Å². The number of rotatable bonds is 3. The number of benzene rings is 1. The predicted octanol–water partition coefficient (Wildman–Crippen LogP) is 1.25. The number of hydrazine groups is 1. The number of nitrogens with one attached hydrogen (secondary N) is 1. The monoisotopic (exact) mass is 343 g/mol. The van der Waals surface area contributed by atoms with Gasteiger partial charge in [0.15, 0.2) is 0 Å². The lowest BCUT2D eigenvalue weighted by Gasteiger charge is -2.14. The fourth-order valence-corrected chi connectivity index (χ4v) is 2.83. The number of imide groups is 1. The van der Waals surface area contributed by atoms with Crippen LogP contribution in [-0.2, 0) is 11.3 Å². The lowest BCUT2D eigenvalue weighted by molar-refractivity contribution is -0.125. The van der Waals surface area contributed by atoms with Crippen molar-refractivity contribution in [3.05, 3.63) is 33.8 Å². The molecule has 0 bridgehead atoms. The second kappa shape index (κ2) is 5.72. The number of nitrogen functional groups attached to an aromatic ring is 1. The minimum atomic E-state index is -0.406. The summed E-state index contributed by atoms with van der Waals surface area (Å²) in [6.45, 7) is 0.190. The van der Waals surface area contributed by atoms with Crippen LogP contribution >= 0.6 is 27.7 Å². The number of nitrogens with two attached hydrogens (primary N) is 1. The molecule has 1 aromatic rings. The van der Waals surface area contributed by atoms with E-state index in [1.54, 1.807) is 18.2 Å². The van der Waals surface area contributed by atoms with E-state index in [4.69, 9.17) is 5.84 Å². The molecule has 1 aromatic carbocycles. The molecule has 0 spiro atoms. The molecule has 1 aliphatic rings. The standard InChI is InChI=1S/C11H10BrN3O3S/c12-8-3-6(10(17)14-13)1-2-7(8)4-15-9(16)5-19-11(15)18/h1-3H,4-5,13H2,(H,14,17). The third-order valence-corrected chi connectivity index (χ3v) is 4.21. The smallest absolute Gasteiger partial charge is 0.289 e. The van der Waals surface area contributed by atoms with Crippen LogP contribution in [0.3, 0.4) is 0 Å². The number of carbonyl (C=O) groups is 3. The van der Waals surface area contributed by atoms with Crippen LogP contribution in [0, 0.1) is 0 Å². The van der Waals surface area contributed by atoms with E-state index in [-0.39, 0.29) is 23.4 Å². The van der Waals surface area contributed by atoms with Crippen LogP contribution in [-0.4, -0.2) is 27.7 Å². The average molecular weight is 344 g/mol. The van der Waals surface area contributed by atoms with Crippen molar-refractivity contribution >= 4 is 44.7 Å². The summed E-state index contributed by atoms with van der Waals surface area (Å²) in [5, 5.41) is -0.249. The van der Waals surface area contributed by atoms with Gasteiger partial charge >= 0.3 is 0 Å². The Morgan fingerprint density at radius 3 is 2.74 bits per heavy atom. The number of hydrogen-bond acceptors (Lipinski definition) is 5. The summed E-state index contributed by atoms with van der Waals surface area (Å²) in [6.07, 6.45) is 0. The highest BCUT2D eigenvalue weighted by atomic mass is 79.9. The Morgan fingerprint density at radius 1 is 1.47 bits per heavy atom. The molecule has 1 saturated heterocycles. The first-order valence-corrected chi connectivity index (χ1v) is 7.07. The third-order valence-electron chi connectivity index (χ3n) is 2.62. The van der Waals surface area contributed by atoms with E-state index in [1.165, 1.54) is 4.90 Å². The van der Waals surface area contributed by atoms with Gasteiger partial charge in [-0.2, -0.15) is 0 Å². The molecule has 0 aliphatic carbocycles. The molecule has 0 aromatic heterocycles. The maximum absolute atomic E-state index is 11.5. The quantitative estimate of drug-likeness (QED) is 0.489. The third kappa shape index (κ3) is 2.96. The summed E-state index contributed by atoms with van der Waals surface area (Å²) < 4.78 is 0.645. The van der Waals surface area contributed by atoms with Crippen LogP contribution in [0.5, 0.6) is 0 Å². The van der Waals surface area contributed by atoms with Gasteiger partial charge in [0.25, 0.3) is 11.1 Å². The number of halogens is 1. The van der Waals surface area contributed by atoms with Crippen LogP contribution in [0.15, 0.2) is 22.7 Å². The molecule has 0 saturated carbocycles. The molecule has 2 rings (SSSR count). The Bertz CT molecular complexity index is 548. The zero-order valence-corrected chi connectivity index (χ0v) is 12.1. The predicted molar refractivity (Wildman–Crippen MR) is 74.2 cm³/mol. The van der Waals surface area contributed by atoms with Gasteiger partial charge in [-0.1, -0.05) is 33.8 Å². The SMILES string of the molecule is NNC(=O)c1ccc(CN2C(=O)CSC2=O)c(Br)c1. The number of carbonyl (C=O) groups excluding carboxylic acids is 3. The molecular formula is C11H10BrN3O3S. The highest BCUT2D eigenvalue weighted by molar-refractivity contribution is 9.10. The molecule has 6 nitrogen and oxygen atoms in total. The molecule has 0 unspecified atom stereocenters. The van der Waals surface area contributed by atoms with E-state index in [2.05, 4.69) is 15.9 Å². The topological polar surface area (TPSA) is 92.5 Å². The zero-order chi connectivity index (χ0) is 14.0. The lowest BCUT2D eigenvalue weighted by atomic mass is 10.1. The Hall–Kier alpha value is -1.38. The maximum atomic E-state index is 11.5. The van der Waals surface area contributed by atoms with Gasteiger partial charge in [0.2, 0.25) is 5.91 Å². The molecule has 3 amide bonds. The normalized spacial score (nSPS) is 14.9. The second-order valence-corrected chi connectivity index (χ2v) is 5.60. The number of thioether (sulfide) groups is 1. The summed E-state index contributed by atoms with van der Waals surface area (Å²) in [7, 11) is 0. The van der Waals surface area contributed by atoms with Crippen molar-refractivity contribution in [2.45, 2.75) is 6.54 Å². The van der Waals surface area contributed by atoms with Crippen LogP contribution in [0.4, 0.5) is 4.79 Å². The van der Waals surface area contributed by atoms with Crippen molar-refractivity contribution in [1.82, 2.24) is 10.3 Å². The van der Waals surface area contributed by atoms with Crippen LogP contribution in [0.1, 0.15) is 15.9 Å². The van der Waals surface area contributed by atoms with Gasteiger partial charge in [0.1, 0.15) is 0 Å². The molecule has 0 radical (unpaired) electrons. The number of hydrogen-bond donors (Lipinski definition) is 2. The summed E-state index contributed by atoms with van der Waals surface area (Å²) >= 11 is 4.31. The van der Waals surface area contributed by atoms with Crippen molar-refractivity contribution in [1.29, 1.82) is 0 Å². The second-order valence-electron chi connectivity index (χ2n) is 3.81. The van der Waals surface area contributed by atoms with E-state index in [0.29, 0.717) is 10.0 Å². The van der Waals surface area contributed by atoms with Gasteiger partial charge in [0, 0.05) is 10.0 Å². The lowest BCUT2D eigenvalue weighted by Crippen LogP contribution is -2.30. The van der Waals surface area contributed by atoms with Crippen molar-refractivity contribution in [2.24, 2.45) is 5.84 Å². The summed E-state index contributed by atoms with van der Waals surface area (Å²) in [6, 6.07) is 4.86. The highest BCUT2D eigenvalue weighted by Gasteiger charge is 2.30. The molecule has 8 heteroatoms. The van der Waals surface area contributed by atoms with E-state index in [1.807, 2.05) is 5.43 Å². The first-order chi connectivity index (χ1) is 9.02. The first kappa shape index (κ1) is 14.0. The van der Waals surface area contributed by atoms with Crippen molar-refractivity contribution in [3.63, 3.8) is 0 Å². The molecule has 1 heterocycles. The van der Waals surface area contributed by atoms with Crippen LogP contribution in [0.25, 0.3) is 0 Å². The van der Waals surface area contributed by atoms with Gasteiger partial charge in [-0.15, -0.1) is 0 Å². The summed E-state index contributed by atoms with van der Waals surface area (Å²) in [5.74, 6) is 4.62. The Kier molecular flexibility index (Phi) is 4.23. The van der Waals surface area contributed by atoms with Gasteiger partial charge in [-0.05, 0) is 17.7 Å². The van der Waals surface area contributed by atoms with E-state index >= 15 is 0 Å². The minimum absolute atomic E-state index is 0.185. The Balaban J connectivity index is 2.20. The molecule has 1 aliphatic heterocycles. The van der Waals surface area contributed by atoms with Gasteiger partial charge < -0.3 is 0 Å². The van der Waals surface area contributed by atoms with Crippen LogP contribution < -0.4 is 11.3 Å². The van der Waals surface area contributed by atoms with E-state index < -0.39 is 5.91 Å². The first-order valence-electron chi connectivity index (χ1n) is 5.29. The summed E-state index contributed by atoms with van der Waals surface area (Å²) in [5.41, 5.74) is 3.18. The Morgan fingerprint density at radius 2 is 2.21 bits per heavy atom. The Labute approximate surface area is 121 Å². The minimum Gasteiger partial charge on any atom is -0.290 e. The molecule has 0 atom stereocenters. The fraction of sp³-hybridized carbons (Fsp3) is 0.182. The van der Waals surface area contributed by atoms with Crippen molar-refractivity contribution in [2.75, 3.05) is 5.75 Å². The average Bonchev–Trinajstić information content (AvgIpc) is 2.71. The van der Waals surface area contributed by atoms with Gasteiger partial charge in [-0.3, -0.25) is 24.7 Å². The summed E-state index contributed by atoms with van der Waals surface area (Å²) in [4.78, 5) is 35.5. The van der Waals surface area contributed by atoms with E-state index in [0.717, 1.165) is 17.3 Å². The molecule has 1 fully saturated rings.